The molecule has 0 fully saturated rings. The molecule has 0 aliphatic rings. The van der Waals surface area contributed by atoms with Crippen LogP contribution >= 0.6 is 11.8 Å². The summed E-state index contributed by atoms with van der Waals surface area (Å²) in [6.07, 6.45) is 0. The van der Waals surface area contributed by atoms with Crippen LogP contribution in [0, 0.1) is 13.8 Å². The van der Waals surface area contributed by atoms with Gasteiger partial charge in [-0.15, -0.1) is 0 Å². The Bertz CT molecular complexity index is 936. The predicted octanol–water partition coefficient (Wildman–Crippen LogP) is 3.94. The summed E-state index contributed by atoms with van der Waals surface area (Å²) < 4.78 is 5.22. The molecular weight excluding hydrogens is 346 g/mol. The Morgan fingerprint density at radius 2 is 2.04 bits per heavy atom. The molecule has 136 valence electrons. The quantitative estimate of drug-likeness (QED) is 0.669. The minimum atomic E-state index is 0.0769. The Hall–Kier alpha value is -2.47. The Morgan fingerprint density at radius 1 is 1.23 bits per heavy atom. The summed E-state index contributed by atoms with van der Waals surface area (Å²) in [5.74, 6) is 1.20. The Morgan fingerprint density at radius 3 is 2.77 bits per heavy atom. The van der Waals surface area contributed by atoms with E-state index in [9.17, 15) is 4.79 Å². The van der Waals surface area contributed by atoms with Crippen molar-refractivity contribution in [3.05, 3.63) is 53.1 Å². The molecule has 1 amide bonds. The molecular formula is C20H23N3O2S. The third-order valence-corrected chi connectivity index (χ3v) is 5.19. The maximum absolute atomic E-state index is 12.5. The van der Waals surface area contributed by atoms with Crippen molar-refractivity contribution in [2.75, 3.05) is 19.9 Å². The maximum atomic E-state index is 12.5. The van der Waals surface area contributed by atoms with Gasteiger partial charge >= 0.3 is 0 Å². The van der Waals surface area contributed by atoms with Gasteiger partial charge < -0.3 is 14.6 Å². The van der Waals surface area contributed by atoms with Gasteiger partial charge in [0.25, 0.3) is 0 Å². The largest absolute Gasteiger partial charge is 0.497 e. The number of ether oxygens (including phenoxy) is 1. The number of hydrogen-bond donors (Lipinski definition) is 1. The van der Waals surface area contributed by atoms with E-state index in [1.165, 1.54) is 28.5 Å². The van der Waals surface area contributed by atoms with E-state index < -0.39 is 0 Å². The maximum Gasteiger partial charge on any atom is 0.233 e. The van der Waals surface area contributed by atoms with Crippen LogP contribution in [-0.4, -0.2) is 40.7 Å². The molecule has 0 saturated carbocycles. The normalized spacial score (nSPS) is 10.9. The smallest absolute Gasteiger partial charge is 0.233 e. The van der Waals surface area contributed by atoms with Crippen LogP contribution in [0.25, 0.3) is 11.0 Å². The van der Waals surface area contributed by atoms with Crippen LogP contribution in [0.3, 0.4) is 0 Å². The lowest BCUT2D eigenvalue weighted by Gasteiger charge is -2.18. The highest BCUT2D eigenvalue weighted by Crippen LogP contribution is 2.23. The summed E-state index contributed by atoms with van der Waals surface area (Å²) in [6.45, 7) is 4.77. The van der Waals surface area contributed by atoms with Gasteiger partial charge in [-0.25, -0.2) is 4.98 Å². The molecule has 0 atom stereocenters. The van der Waals surface area contributed by atoms with Crippen LogP contribution < -0.4 is 4.74 Å². The molecule has 1 aromatic heterocycles. The van der Waals surface area contributed by atoms with Gasteiger partial charge in [-0.2, -0.15) is 0 Å². The summed E-state index contributed by atoms with van der Waals surface area (Å²) in [5, 5.41) is 0.738. The number of methoxy groups -OCH3 is 1. The lowest BCUT2D eigenvalue weighted by molar-refractivity contribution is -0.127. The molecule has 1 N–H and O–H groups in total. The molecule has 0 bridgehead atoms. The average molecular weight is 369 g/mol. The second-order valence-electron chi connectivity index (χ2n) is 6.39. The van der Waals surface area contributed by atoms with Crippen LogP contribution in [0.4, 0.5) is 0 Å². The van der Waals surface area contributed by atoms with Crippen molar-refractivity contribution < 1.29 is 9.53 Å². The fourth-order valence-corrected chi connectivity index (χ4v) is 3.59. The van der Waals surface area contributed by atoms with Crippen LogP contribution in [0.5, 0.6) is 5.75 Å². The third-order valence-electron chi connectivity index (χ3n) is 4.33. The zero-order valence-electron chi connectivity index (χ0n) is 15.5. The standard InChI is InChI=1S/C20H23N3O2S/c1-13-5-6-15(14(2)9-13)11-23(3)19(24)12-26-20-21-17-8-7-16(25-4)10-18(17)22-20/h5-10H,11-12H2,1-4H3,(H,21,22). The number of aryl methyl sites for hydroxylation is 2. The number of aromatic amines is 1. The molecule has 5 nitrogen and oxygen atoms in total. The number of carbonyl (C=O) groups is 1. The van der Waals surface area contributed by atoms with E-state index in [-0.39, 0.29) is 5.91 Å². The van der Waals surface area contributed by atoms with Crippen LogP contribution in [0.1, 0.15) is 16.7 Å². The van der Waals surface area contributed by atoms with Crippen molar-refractivity contribution in [2.45, 2.75) is 25.5 Å². The lowest BCUT2D eigenvalue weighted by atomic mass is 10.1. The van der Waals surface area contributed by atoms with Gasteiger partial charge in [0.05, 0.1) is 23.9 Å². The van der Waals surface area contributed by atoms with Crippen LogP contribution in [-0.2, 0) is 11.3 Å². The molecule has 3 aromatic rings. The molecule has 0 unspecified atom stereocenters. The molecule has 1 heterocycles. The Kier molecular flexibility index (Phi) is 5.52. The van der Waals surface area contributed by atoms with E-state index in [1.807, 2.05) is 25.2 Å². The SMILES string of the molecule is COc1ccc2nc(SCC(=O)N(C)Cc3ccc(C)cc3C)[nH]c2c1. The molecule has 0 saturated heterocycles. The summed E-state index contributed by atoms with van der Waals surface area (Å²) in [6, 6.07) is 12.0. The van der Waals surface area contributed by atoms with Crippen molar-refractivity contribution in [1.29, 1.82) is 0 Å². The van der Waals surface area contributed by atoms with Crippen molar-refractivity contribution in [2.24, 2.45) is 0 Å². The number of benzene rings is 2. The molecule has 2 aromatic carbocycles. The first-order valence-electron chi connectivity index (χ1n) is 8.43. The number of fused-ring (bicyclic) bond motifs is 1. The first-order valence-corrected chi connectivity index (χ1v) is 9.41. The highest BCUT2D eigenvalue weighted by molar-refractivity contribution is 7.99. The van der Waals surface area contributed by atoms with E-state index in [0.29, 0.717) is 12.3 Å². The molecule has 6 heteroatoms. The molecule has 26 heavy (non-hydrogen) atoms. The highest BCUT2D eigenvalue weighted by atomic mass is 32.2. The van der Waals surface area contributed by atoms with E-state index >= 15 is 0 Å². The molecule has 0 aliphatic carbocycles. The lowest BCUT2D eigenvalue weighted by Crippen LogP contribution is -2.28. The number of nitrogens with zero attached hydrogens (tertiary/aromatic N) is 2. The van der Waals surface area contributed by atoms with E-state index in [0.717, 1.165) is 21.9 Å². The van der Waals surface area contributed by atoms with Crippen LogP contribution in [0.15, 0.2) is 41.6 Å². The highest BCUT2D eigenvalue weighted by Gasteiger charge is 2.13. The topological polar surface area (TPSA) is 58.2 Å². The summed E-state index contributed by atoms with van der Waals surface area (Å²) in [7, 11) is 3.48. The Labute approximate surface area is 157 Å². The summed E-state index contributed by atoms with van der Waals surface area (Å²) >= 11 is 1.41. The second-order valence-corrected chi connectivity index (χ2v) is 7.36. The van der Waals surface area contributed by atoms with Gasteiger partial charge in [0.15, 0.2) is 5.16 Å². The number of carbonyl (C=O) groups excluding carboxylic acids is 1. The van der Waals surface area contributed by atoms with E-state index in [1.54, 1.807) is 12.0 Å². The number of imidazole rings is 1. The molecule has 3 rings (SSSR count). The number of thioether (sulfide) groups is 1. The minimum absolute atomic E-state index is 0.0769. The number of nitrogens with one attached hydrogen (secondary N) is 1. The summed E-state index contributed by atoms with van der Waals surface area (Å²) in [5.41, 5.74) is 5.39. The number of aromatic nitrogens is 2. The van der Waals surface area contributed by atoms with Crippen molar-refractivity contribution in [3.63, 3.8) is 0 Å². The van der Waals surface area contributed by atoms with Crippen LogP contribution in [0.2, 0.25) is 0 Å². The predicted molar refractivity (Wildman–Crippen MR) is 106 cm³/mol. The van der Waals surface area contributed by atoms with Crippen molar-refractivity contribution in [3.8, 4) is 5.75 Å². The minimum Gasteiger partial charge on any atom is -0.497 e. The first kappa shape index (κ1) is 18.3. The third kappa shape index (κ3) is 4.19. The van der Waals surface area contributed by atoms with Gasteiger partial charge in [-0.1, -0.05) is 35.5 Å². The second kappa shape index (κ2) is 7.83. The van der Waals surface area contributed by atoms with Gasteiger partial charge in [-0.3, -0.25) is 4.79 Å². The molecule has 0 spiro atoms. The number of amides is 1. The fourth-order valence-electron chi connectivity index (χ4n) is 2.77. The van der Waals surface area contributed by atoms with E-state index in [2.05, 4.69) is 42.0 Å². The van der Waals surface area contributed by atoms with E-state index in [4.69, 9.17) is 4.74 Å². The van der Waals surface area contributed by atoms with Gasteiger partial charge in [-0.05, 0) is 37.1 Å². The molecule has 0 aliphatic heterocycles. The summed E-state index contributed by atoms with van der Waals surface area (Å²) in [4.78, 5) is 22.0. The Balaban J connectivity index is 1.60. The fraction of sp³-hybridized carbons (Fsp3) is 0.300. The number of rotatable bonds is 6. The van der Waals surface area contributed by atoms with Crippen molar-refractivity contribution >= 4 is 28.7 Å². The number of H-pyrrole nitrogens is 1. The zero-order chi connectivity index (χ0) is 18.7. The zero-order valence-corrected chi connectivity index (χ0v) is 16.3. The van der Waals surface area contributed by atoms with Gasteiger partial charge in [0, 0.05) is 19.7 Å². The monoisotopic (exact) mass is 369 g/mol. The van der Waals surface area contributed by atoms with Gasteiger partial charge in [0.2, 0.25) is 5.91 Å². The first-order chi connectivity index (χ1) is 12.5. The number of hydrogen-bond acceptors (Lipinski definition) is 4. The average Bonchev–Trinajstić information content (AvgIpc) is 3.03. The van der Waals surface area contributed by atoms with Gasteiger partial charge in [0.1, 0.15) is 5.75 Å². The molecule has 0 radical (unpaired) electrons. The van der Waals surface area contributed by atoms with Crippen molar-refractivity contribution in [1.82, 2.24) is 14.9 Å².